The molecule has 4 aromatic rings. The molecule has 2 aliphatic rings. The quantitative estimate of drug-likeness (QED) is 0.238. The molecule has 40 heavy (non-hydrogen) atoms. The van der Waals surface area contributed by atoms with Crippen molar-refractivity contribution < 1.29 is 14.3 Å². The van der Waals surface area contributed by atoms with E-state index < -0.39 is 5.24 Å². The second kappa shape index (κ2) is 11.4. The molecule has 0 bridgehead atoms. The summed E-state index contributed by atoms with van der Waals surface area (Å²) >= 11 is 7.81. The van der Waals surface area contributed by atoms with Crippen LogP contribution in [0, 0.1) is 13.8 Å². The fraction of sp³-hybridized carbons (Fsp3) is 0.419. The van der Waals surface area contributed by atoms with Gasteiger partial charge in [0.15, 0.2) is 0 Å². The lowest BCUT2D eigenvalue weighted by Crippen LogP contribution is -2.42. The number of amides is 1. The van der Waals surface area contributed by atoms with Crippen molar-refractivity contribution >= 4 is 45.0 Å². The lowest BCUT2D eigenvalue weighted by atomic mass is 9.83. The first-order valence-corrected chi connectivity index (χ1v) is 15.2. The number of carbonyl (C=O) groups excluding carboxylic acids is 2. The zero-order valence-corrected chi connectivity index (χ0v) is 24.5. The first-order valence-electron chi connectivity index (χ1n) is 14.0. The molecule has 7 nitrogen and oxygen atoms in total. The van der Waals surface area contributed by atoms with Gasteiger partial charge in [-0.05, 0) is 79.6 Å². The number of nitrogens with zero attached hydrogens (tertiary/aromatic N) is 4. The van der Waals surface area contributed by atoms with Crippen molar-refractivity contribution in [2.75, 3.05) is 26.3 Å². The van der Waals surface area contributed by atoms with Crippen LogP contribution in [0.15, 0.2) is 36.4 Å². The molecule has 4 heterocycles. The summed E-state index contributed by atoms with van der Waals surface area (Å²) < 4.78 is 7.29. The minimum atomic E-state index is -0.541. The van der Waals surface area contributed by atoms with Gasteiger partial charge in [0.1, 0.15) is 12.2 Å². The van der Waals surface area contributed by atoms with Gasteiger partial charge >= 0.3 is 0 Å². The van der Waals surface area contributed by atoms with Gasteiger partial charge in [0.05, 0.1) is 45.7 Å². The number of hydrogen-bond donors (Lipinski definition) is 0. The van der Waals surface area contributed by atoms with Gasteiger partial charge in [-0.1, -0.05) is 31.4 Å². The summed E-state index contributed by atoms with van der Waals surface area (Å²) in [5.41, 5.74) is 6.16. The number of ether oxygens (including phenoxy) is 1. The van der Waals surface area contributed by atoms with Crippen LogP contribution in [0.4, 0.5) is 0 Å². The third-order valence-corrected chi connectivity index (χ3v) is 9.42. The summed E-state index contributed by atoms with van der Waals surface area (Å²) in [6.07, 6.45) is 5.68. The summed E-state index contributed by atoms with van der Waals surface area (Å²) in [5, 5.41) is 1.48. The fourth-order valence-corrected chi connectivity index (χ4v) is 7.21. The highest BCUT2D eigenvalue weighted by molar-refractivity contribution is 7.15. The van der Waals surface area contributed by atoms with Crippen LogP contribution in [0.2, 0.25) is 0 Å². The summed E-state index contributed by atoms with van der Waals surface area (Å²) in [4.78, 5) is 38.5. The molecule has 0 unspecified atom stereocenters. The predicted molar refractivity (Wildman–Crippen MR) is 159 cm³/mol. The summed E-state index contributed by atoms with van der Waals surface area (Å²) in [7, 11) is 0. The molecular formula is C31H33ClN4O3S. The number of rotatable bonds is 6. The maximum absolute atomic E-state index is 13.4. The molecule has 2 fully saturated rings. The third-order valence-electron chi connectivity index (χ3n) is 8.13. The SMILES string of the molecule is Cc1nc(C)c(-c2ccc3cc(-c4c(C5CCCCC5)cc(C(=O)Cl)n4CC(=O)N4CCOCC4)ccc3n2)s1. The number of pyridine rings is 1. The molecule has 0 N–H and O–H groups in total. The van der Waals surface area contributed by atoms with Crippen molar-refractivity contribution in [3.8, 4) is 21.8 Å². The van der Waals surface area contributed by atoms with Crippen LogP contribution in [0.25, 0.3) is 32.7 Å². The van der Waals surface area contributed by atoms with E-state index in [0.29, 0.717) is 37.9 Å². The molecular weight excluding hydrogens is 544 g/mol. The summed E-state index contributed by atoms with van der Waals surface area (Å²) in [6.45, 7) is 6.25. The van der Waals surface area contributed by atoms with Gasteiger partial charge in [0, 0.05) is 18.5 Å². The molecule has 1 aromatic carbocycles. The van der Waals surface area contributed by atoms with E-state index in [9.17, 15) is 9.59 Å². The second-order valence-electron chi connectivity index (χ2n) is 10.8. The molecule has 0 atom stereocenters. The first-order chi connectivity index (χ1) is 19.4. The number of thiazole rings is 1. The normalized spacial score (nSPS) is 16.5. The Morgan fingerprint density at radius 2 is 1.80 bits per heavy atom. The maximum atomic E-state index is 13.4. The van der Waals surface area contributed by atoms with Gasteiger partial charge in [-0.3, -0.25) is 9.59 Å². The van der Waals surface area contributed by atoms with Crippen LogP contribution < -0.4 is 0 Å². The fourth-order valence-electron chi connectivity index (χ4n) is 6.16. The highest BCUT2D eigenvalue weighted by Crippen LogP contribution is 2.41. The number of halogens is 1. The van der Waals surface area contributed by atoms with Gasteiger partial charge in [0.2, 0.25) is 5.91 Å². The Bertz CT molecular complexity index is 1580. The van der Waals surface area contributed by atoms with E-state index in [1.54, 1.807) is 11.3 Å². The second-order valence-corrected chi connectivity index (χ2v) is 12.3. The van der Waals surface area contributed by atoms with E-state index in [1.807, 2.05) is 41.5 Å². The Hall–Kier alpha value is -3.07. The van der Waals surface area contributed by atoms with Gasteiger partial charge < -0.3 is 14.2 Å². The summed E-state index contributed by atoms with van der Waals surface area (Å²) in [6, 6.07) is 12.3. The van der Waals surface area contributed by atoms with Crippen LogP contribution in [-0.4, -0.2) is 56.9 Å². The van der Waals surface area contributed by atoms with Crippen molar-refractivity contribution in [2.45, 2.75) is 58.4 Å². The van der Waals surface area contributed by atoms with Crippen LogP contribution in [-0.2, 0) is 16.1 Å². The van der Waals surface area contributed by atoms with Gasteiger partial charge in [-0.15, -0.1) is 11.3 Å². The third kappa shape index (κ3) is 5.32. The standard InChI is InChI=1S/C31H33ClN4O3S/c1-19-30(40-20(2)33-19)26-11-8-22-16-23(9-10-25(22)34-26)29-24(21-6-4-3-5-7-21)17-27(31(32)38)36(29)18-28(37)35-12-14-39-15-13-35/h8-11,16-17,21H,3-7,12-15,18H2,1-2H3. The molecule has 0 spiro atoms. The number of aryl methyl sites for hydroxylation is 2. The van der Waals surface area contributed by atoms with Crippen molar-refractivity contribution in [1.82, 2.24) is 19.4 Å². The van der Waals surface area contributed by atoms with Gasteiger partial charge in [-0.2, -0.15) is 0 Å². The van der Waals surface area contributed by atoms with Gasteiger partial charge in [0.25, 0.3) is 5.24 Å². The average Bonchev–Trinajstić information content (AvgIpc) is 3.52. The first kappa shape index (κ1) is 27.1. The van der Waals surface area contributed by atoms with E-state index in [0.717, 1.165) is 74.7 Å². The van der Waals surface area contributed by atoms with Crippen molar-refractivity contribution in [3.05, 3.63) is 58.4 Å². The Morgan fingerprint density at radius 1 is 1.02 bits per heavy atom. The number of morpholine rings is 1. The Kier molecular flexibility index (Phi) is 7.75. The lowest BCUT2D eigenvalue weighted by Gasteiger charge is -2.28. The number of fused-ring (bicyclic) bond motifs is 1. The minimum absolute atomic E-state index is 0.0307. The highest BCUT2D eigenvalue weighted by Gasteiger charge is 2.29. The number of aromatic nitrogens is 3. The molecule has 208 valence electrons. The zero-order chi connectivity index (χ0) is 27.8. The number of hydrogen-bond acceptors (Lipinski definition) is 6. The molecule has 9 heteroatoms. The highest BCUT2D eigenvalue weighted by atomic mass is 35.5. The largest absolute Gasteiger partial charge is 0.378 e. The van der Waals surface area contributed by atoms with Crippen LogP contribution >= 0.6 is 22.9 Å². The van der Waals surface area contributed by atoms with Crippen molar-refractivity contribution in [1.29, 1.82) is 0 Å². The van der Waals surface area contributed by atoms with Crippen LogP contribution in [0.1, 0.15) is 64.8 Å². The van der Waals surface area contributed by atoms with Crippen molar-refractivity contribution in [3.63, 3.8) is 0 Å². The molecule has 0 radical (unpaired) electrons. The zero-order valence-electron chi connectivity index (χ0n) is 22.9. The van der Waals surface area contributed by atoms with E-state index in [2.05, 4.69) is 23.2 Å². The van der Waals surface area contributed by atoms with Crippen molar-refractivity contribution in [2.24, 2.45) is 0 Å². The van der Waals surface area contributed by atoms with E-state index in [-0.39, 0.29) is 12.5 Å². The average molecular weight is 577 g/mol. The maximum Gasteiger partial charge on any atom is 0.268 e. The van der Waals surface area contributed by atoms with E-state index in [1.165, 1.54) is 6.42 Å². The molecule has 1 amide bonds. The van der Waals surface area contributed by atoms with E-state index >= 15 is 0 Å². The topological polar surface area (TPSA) is 77.3 Å². The summed E-state index contributed by atoms with van der Waals surface area (Å²) in [5.74, 6) is 0.295. The molecule has 1 aliphatic heterocycles. The van der Waals surface area contributed by atoms with Crippen LogP contribution in [0.5, 0.6) is 0 Å². The van der Waals surface area contributed by atoms with Gasteiger partial charge in [-0.25, -0.2) is 9.97 Å². The molecule has 1 saturated heterocycles. The number of carbonyl (C=O) groups is 2. The Morgan fingerprint density at radius 3 is 2.50 bits per heavy atom. The monoisotopic (exact) mass is 576 g/mol. The molecule has 1 aliphatic carbocycles. The molecule has 1 saturated carbocycles. The molecule has 6 rings (SSSR count). The minimum Gasteiger partial charge on any atom is -0.378 e. The van der Waals surface area contributed by atoms with E-state index in [4.69, 9.17) is 21.3 Å². The Balaban J connectivity index is 1.45. The van der Waals surface area contributed by atoms with Crippen LogP contribution in [0.3, 0.4) is 0 Å². The number of benzene rings is 1. The smallest absolute Gasteiger partial charge is 0.268 e. The lowest BCUT2D eigenvalue weighted by molar-refractivity contribution is -0.135. The molecule has 3 aromatic heterocycles. The Labute approximate surface area is 243 Å². The predicted octanol–water partition coefficient (Wildman–Crippen LogP) is 6.73.